The average molecular weight is 199 g/mol. The highest BCUT2D eigenvalue weighted by Gasteiger charge is 2.01. The van der Waals surface area contributed by atoms with Crippen molar-refractivity contribution in [2.75, 3.05) is 23.9 Å². The summed E-state index contributed by atoms with van der Waals surface area (Å²) >= 11 is 1.88. The summed E-state index contributed by atoms with van der Waals surface area (Å²) in [4.78, 5) is 7.32. The number of H-pyrrole nitrogens is 1. The number of anilines is 1. The van der Waals surface area contributed by atoms with Crippen molar-refractivity contribution < 1.29 is 0 Å². The molecular formula is C9H17N3S. The number of rotatable bonds is 5. The fourth-order valence-corrected chi connectivity index (χ4v) is 1.80. The van der Waals surface area contributed by atoms with E-state index in [9.17, 15) is 0 Å². The zero-order chi connectivity index (χ0) is 9.68. The van der Waals surface area contributed by atoms with Gasteiger partial charge in [-0.05, 0) is 24.9 Å². The van der Waals surface area contributed by atoms with Crippen molar-refractivity contribution in [2.24, 2.45) is 5.92 Å². The summed E-state index contributed by atoms with van der Waals surface area (Å²) in [6.07, 6.45) is 3.97. The number of nitrogens with one attached hydrogen (secondary N) is 2. The Morgan fingerprint density at radius 2 is 2.46 bits per heavy atom. The van der Waals surface area contributed by atoms with Gasteiger partial charge < -0.3 is 10.3 Å². The highest BCUT2D eigenvalue weighted by atomic mass is 32.2. The minimum atomic E-state index is 0.681. The first-order valence-corrected chi connectivity index (χ1v) is 5.86. The Morgan fingerprint density at radius 1 is 1.69 bits per heavy atom. The van der Waals surface area contributed by atoms with E-state index in [-0.39, 0.29) is 0 Å². The molecule has 2 N–H and O–H groups in total. The molecule has 0 aliphatic rings. The van der Waals surface area contributed by atoms with Crippen LogP contribution in [0.2, 0.25) is 0 Å². The number of aromatic amines is 1. The van der Waals surface area contributed by atoms with Crippen molar-refractivity contribution in [2.45, 2.75) is 13.8 Å². The van der Waals surface area contributed by atoms with Crippen LogP contribution in [0.15, 0.2) is 6.20 Å². The van der Waals surface area contributed by atoms with Crippen LogP contribution in [0.3, 0.4) is 0 Å². The number of aromatic nitrogens is 2. The zero-order valence-corrected chi connectivity index (χ0v) is 9.24. The summed E-state index contributed by atoms with van der Waals surface area (Å²) < 4.78 is 0. The van der Waals surface area contributed by atoms with Crippen molar-refractivity contribution in [1.29, 1.82) is 0 Å². The number of hydrogen-bond donors (Lipinski definition) is 2. The number of aryl methyl sites for hydroxylation is 1. The van der Waals surface area contributed by atoms with Gasteiger partial charge in [-0.2, -0.15) is 11.8 Å². The predicted molar refractivity (Wildman–Crippen MR) is 59.4 cm³/mol. The average Bonchev–Trinajstić information content (AvgIpc) is 2.49. The molecule has 1 aromatic heterocycles. The van der Waals surface area contributed by atoms with Crippen LogP contribution in [-0.2, 0) is 0 Å². The van der Waals surface area contributed by atoms with Crippen LogP contribution in [0.4, 0.5) is 5.95 Å². The summed E-state index contributed by atoms with van der Waals surface area (Å²) in [6, 6.07) is 0. The maximum atomic E-state index is 4.17. The molecule has 1 heterocycles. The van der Waals surface area contributed by atoms with Gasteiger partial charge in [0.25, 0.3) is 0 Å². The second kappa shape index (κ2) is 5.17. The number of nitrogens with zero attached hydrogens (tertiary/aromatic N) is 1. The highest BCUT2D eigenvalue weighted by Crippen LogP contribution is 2.06. The fraction of sp³-hybridized carbons (Fsp3) is 0.667. The second-order valence-corrected chi connectivity index (χ2v) is 4.27. The van der Waals surface area contributed by atoms with E-state index in [0.717, 1.165) is 18.2 Å². The maximum absolute atomic E-state index is 4.17. The minimum Gasteiger partial charge on any atom is -0.356 e. The van der Waals surface area contributed by atoms with E-state index in [2.05, 4.69) is 28.5 Å². The van der Waals surface area contributed by atoms with Gasteiger partial charge in [-0.1, -0.05) is 6.92 Å². The Labute approximate surface area is 83.7 Å². The van der Waals surface area contributed by atoms with Gasteiger partial charge in [-0.15, -0.1) is 0 Å². The SMILES string of the molecule is CSCC(C)CNc1ncc(C)[nH]1. The number of thioether (sulfide) groups is 1. The van der Waals surface area contributed by atoms with Crippen molar-refractivity contribution in [3.8, 4) is 0 Å². The molecule has 0 fully saturated rings. The molecule has 1 rings (SSSR count). The molecule has 0 aromatic carbocycles. The van der Waals surface area contributed by atoms with Crippen LogP contribution < -0.4 is 5.32 Å². The first kappa shape index (κ1) is 10.4. The predicted octanol–water partition coefficient (Wildman–Crippen LogP) is 2.13. The Balaban J connectivity index is 2.26. The normalized spacial score (nSPS) is 12.8. The summed E-state index contributed by atoms with van der Waals surface area (Å²) in [5.41, 5.74) is 1.10. The molecule has 0 aliphatic heterocycles. The van der Waals surface area contributed by atoms with Crippen molar-refractivity contribution >= 4 is 17.7 Å². The van der Waals surface area contributed by atoms with Crippen LogP contribution in [0.25, 0.3) is 0 Å². The third-order valence-electron chi connectivity index (χ3n) is 1.77. The summed E-state index contributed by atoms with van der Waals surface area (Å²) in [5, 5.41) is 3.27. The lowest BCUT2D eigenvalue weighted by molar-refractivity contribution is 0.698. The quantitative estimate of drug-likeness (QED) is 0.763. The second-order valence-electron chi connectivity index (χ2n) is 3.36. The van der Waals surface area contributed by atoms with Gasteiger partial charge in [-0.3, -0.25) is 0 Å². The monoisotopic (exact) mass is 199 g/mol. The number of hydrogen-bond acceptors (Lipinski definition) is 3. The zero-order valence-electron chi connectivity index (χ0n) is 8.42. The molecule has 3 nitrogen and oxygen atoms in total. The van der Waals surface area contributed by atoms with E-state index < -0.39 is 0 Å². The smallest absolute Gasteiger partial charge is 0.200 e. The molecule has 0 aliphatic carbocycles. The van der Waals surface area contributed by atoms with Crippen molar-refractivity contribution in [1.82, 2.24) is 9.97 Å². The van der Waals surface area contributed by atoms with Crippen molar-refractivity contribution in [3.05, 3.63) is 11.9 Å². The molecule has 0 saturated heterocycles. The Kier molecular flexibility index (Phi) is 4.15. The molecule has 0 saturated carbocycles. The molecule has 1 atom stereocenters. The molecule has 0 bridgehead atoms. The molecule has 0 radical (unpaired) electrons. The van der Waals surface area contributed by atoms with Gasteiger partial charge in [-0.25, -0.2) is 4.98 Å². The van der Waals surface area contributed by atoms with Crippen LogP contribution in [-0.4, -0.2) is 28.5 Å². The van der Waals surface area contributed by atoms with Gasteiger partial charge in [0.05, 0.1) is 0 Å². The van der Waals surface area contributed by atoms with E-state index in [1.807, 2.05) is 24.9 Å². The topological polar surface area (TPSA) is 40.7 Å². The minimum absolute atomic E-state index is 0.681. The molecule has 1 unspecified atom stereocenters. The molecular weight excluding hydrogens is 182 g/mol. The van der Waals surface area contributed by atoms with Crippen LogP contribution >= 0.6 is 11.8 Å². The first-order valence-electron chi connectivity index (χ1n) is 4.46. The van der Waals surface area contributed by atoms with Crippen molar-refractivity contribution in [3.63, 3.8) is 0 Å². The molecule has 13 heavy (non-hydrogen) atoms. The Hall–Kier alpha value is -0.640. The maximum Gasteiger partial charge on any atom is 0.200 e. The highest BCUT2D eigenvalue weighted by molar-refractivity contribution is 7.98. The third-order valence-corrected chi connectivity index (χ3v) is 2.67. The van der Waals surface area contributed by atoms with Crippen LogP contribution in [0, 0.1) is 12.8 Å². The Morgan fingerprint density at radius 3 is 3.00 bits per heavy atom. The Bertz CT molecular complexity index is 247. The van der Waals surface area contributed by atoms with E-state index in [0.29, 0.717) is 5.92 Å². The van der Waals surface area contributed by atoms with Crippen LogP contribution in [0.5, 0.6) is 0 Å². The van der Waals surface area contributed by atoms with E-state index in [1.54, 1.807) is 0 Å². The lowest BCUT2D eigenvalue weighted by Crippen LogP contribution is -2.13. The lowest BCUT2D eigenvalue weighted by atomic mass is 10.2. The fourth-order valence-electron chi connectivity index (χ4n) is 1.12. The molecule has 4 heteroatoms. The summed E-state index contributed by atoms with van der Waals surface area (Å²) in [7, 11) is 0. The van der Waals surface area contributed by atoms with Crippen LogP contribution in [0.1, 0.15) is 12.6 Å². The van der Waals surface area contributed by atoms with E-state index in [4.69, 9.17) is 0 Å². The standard InChI is InChI=1S/C9H17N3S/c1-7(6-13-3)4-10-9-11-5-8(2)12-9/h5,7H,4,6H2,1-3H3,(H2,10,11,12). The van der Waals surface area contributed by atoms with Gasteiger partial charge in [0.2, 0.25) is 0 Å². The summed E-state index contributed by atoms with van der Waals surface area (Å²) in [5.74, 6) is 2.75. The van der Waals surface area contributed by atoms with Gasteiger partial charge in [0, 0.05) is 18.4 Å². The first-order chi connectivity index (χ1) is 6.22. The molecule has 0 spiro atoms. The third kappa shape index (κ3) is 3.72. The lowest BCUT2D eigenvalue weighted by Gasteiger charge is -2.09. The van der Waals surface area contributed by atoms with E-state index in [1.165, 1.54) is 5.75 Å². The molecule has 0 amide bonds. The van der Waals surface area contributed by atoms with E-state index >= 15 is 0 Å². The molecule has 1 aromatic rings. The summed E-state index contributed by atoms with van der Waals surface area (Å²) in [6.45, 7) is 5.22. The molecule has 74 valence electrons. The van der Waals surface area contributed by atoms with Gasteiger partial charge >= 0.3 is 0 Å². The van der Waals surface area contributed by atoms with Gasteiger partial charge in [0.1, 0.15) is 0 Å². The number of imidazole rings is 1. The van der Waals surface area contributed by atoms with Gasteiger partial charge in [0.15, 0.2) is 5.95 Å². The largest absolute Gasteiger partial charge is 0.356 e.